The second-order valence-electron chi connectivity index (χ2n) is 5.45. The standard InChI is InChI=1S/C18H18N4O3/c1-12-15(8-21-22(12)2)18-13(5-4-6-19-18)11-25-16-9-20-17(24-3)7-14(16)10-23/h4-10H,11H2,1-3H3. The van der Waals surface area contributed by atoms with Gasteiger partial charge in [0.25, 0.3) is 0 Å². The molecule has 3 rings (SSSR count). The number of hydrogen-bond donors (Lipinski definition) is 0. The number of methoxy groups -OCH3 is 1. The first-order valence-corrected chi connectivity index (χ1v) is 7.69. The summed E-state index contributed by atoms with van der Waals surface area (Å²) in [6.07, 6.45) is 5.72. The summed E-state index contributed by atoms with van der Waals surface area (Å²) in [5.41, 5.74) is 4.05. The minimum atomic E-state index is 0.256. The highest BCUT2D eigenvalue weighted by atomic mass is 16.5. The Kier molecular flexibility index (Phi) is 4.74. The molecule has 0 aliphatic heterocycles. The van der Waals surface area contributed by atoms with Crippen molar-refractivity contribution in [2.75, 3.05) is 7.11 Å². The van der Waals surface area contributed by atoms with Crippen LogP contribution in [0, 0.1) is 6.92 Å². The number of carbonyl (C=O) groups excluding carboxylic acids is 1. The molecule has 3 aromatic rings. The van der Waals surface area contributed by atoms with Crippen LogP contribution in [-0.2, 0) is 13.7 Å². The summed E-state index contributed by atoms with van der Waals surface area (Å²) in [5, 5.41) is 4.26. The molecule has 0 saturated heterocycles. The SMILES string of the molecule is COc1cc(C=O)c(OCc2cccnc2-c2cnn(C)c2C)cn1. The van der Waals surface area contributed by atoms with Gasteiger partial charge in [-0.2, -0.15) is 5.10 Å². The van der Waals surface area contributed by atoms with Crippen molar-refractivity contribution >= 4 is 6.29 Å². The highest BCUT2D eigenvalue weighted by Crippen LogP contribution is 2.26. The third-order valence-electron chi connectivity index (χ3n) is 3.97. The molecule has 0 bridgehead atoms. The van der Waals surface area contributed by atoms with E-state index in [0.717, 1.165) is 28.8 Å². The fraction of sp³-hybridized carbons (Fsp3) is 0.222. The molecule has 25 heavy (non-hydrogen) atoms. The van der Waals surface area contributed by atoms with E-state index in [9.17, 15) is 4.79 Å². The molecule has 7 heteroatoms. The lowest BCUT2D eigenvalue weighted by Crippen LogP contribution is -2.03. The molecule has 0 radical (unpaired) electrons. The predicted molar refractivity (Wildman–Crippen MR) is 91.7 cm³/mol. The van der Waals surface area contributed by atoms with Crippen LogP contribution in [0.3, 0.4) is 0 Å². The fourth-order valence-electron chi connectivity index (χ4n) is 2.45. The fourth-order valence-corrected chi connectivity index (χ4v) is 2.45. The van der Waals surface area contributed by atoms with Gasteiger partial charge in [-0.1, -0.05) is 6.07 Å². The van der Waals surface area contributed by atoms with E-state index in [1.807, 2.05) is 26.1 Å². The molecule has 0 saturated carbocycles. The van der Waals surface area contributed by atoms with Crippen molar-refractivity contribution in [1.29, 1.82) is 0 Å². The number of aldehydes is 1. The van der Waals surface area contributed by atoms with Gasteiger partial charge in [-0.3, -0.25) is 14.5 Å². The molecular formula is C18H18N4O3. The number of pyridine rings is 2. The molecule has 0 aromatic carbocycles. The minimum absolute atomic E-state index is 0.256. The van der Waals surface area contributed by atoms with Gasteiger partial charge in [0, 0.05) is 36.1 Å². The summed E-state index contributed by atoms with van der Waals surface area (Å²) in [6.45, 7) is 2.24. The van der Waals surface area contributed by atoms with Gasteiger partial charge in [-0.25, -0.2) is 4.98 Å². The molecule has 0 amide bonds. The molecule has 3 heterocycles. The van der Waals surface area contributed by atoms with Gasteiger partial charge in [-0.15, -0.1) is 0 Å². The Morgan fingerprint density at radius 2 is 2.12 bits per heavy atom. The first-order valence-electron chi connectivity index (χ1n) is 7.69. The van der Waals surface area contributed by atoms with Crippen molar-refractivity contribution in [1.82, 2.24) is 19.7 Å². The van der Waals surface area contributed by atoms with E-state index in [2.05, 4.69) is 15.1 Å². The third-order valence-corrected chi connectivity index (χ3v) is 3.97. The number of nitrogens with zero attached hydrogens (tertiary/aromatic N) is 4. The smallest absolute Gasteiger partial charge is 0.213 e. The van der Waals surface area contributed by atoms with Crippen molar-refractivity contribution in [2.45, 2.75) is 13.5 Å². The number of hydrogen-bond acceptors (Lipinski definition) is 6. The van der Waals surface area contributed by atoms with E-state index in [0.29, 0.717) is 17.2 Å². The molecule has 0 unspecified atom stereocenters. The molecule has 128 valence electrons. The Labute approximate surface area is 145 Å². The minimum Gasteiger partial charge on any atom is -0.486 e. The average Bonchev–Trinajstić information content (AvgIpc) is 2.99. The monoisotopic (exact) mass is 338 g/mol. The highest BCUT2D eigenvalue weighted by Gasteiger charge is 2.14. The molecule has 7 nitrogen and oxygen atoms in total. The van der Waals surface area contributed by atoms with E-state index in [1.54, 1.807) is 17.1 Å². The molecule has 0 spiro atoms. The maximum absolute atomic E-state index is 11.3. The van der Waals surface area contributed by atoms with Crippen LogP contribution in [0.4, 0.5) is 0 Å². The van der Waals surface area contributed by atoms with Gasteiger partial charge in [0.15, 0.2) is 6.29 Å². The number of aryl methyl sites for hydroxylation is 1. The molecule has 0 aliphatic rings. The Balaban J connectivity index is 1.88. The summed E-state index contributed by atoms with van der Waals surface area (Å²) in [6, 6.07) is 5.32. The molecular weight excluding hydrogens is 320 g/mol. The van der Waals surface area contributed by atoms with Gasteiger partial charge in [0.1, 0.15) is 12.4 Å². The van der Waals surface area contributed by atoms with Crippen LogP contribution in [0.1, 0.15) is 21.6 Å². The van der Waals surface area contributed by atoms with Crippen molar-refractivity contribution in [3.8, 4) is 22.9 Å². The zero-order valence-corrected chi connectivity index (χ0v) is 14.3. The number of aromatic nitrogens is 4. The van der Waals surface area contributed by atoms with E-state index < -0.39 is 0 Å². The summed E-state index contributed by atoms with van der Waals surface area (Å²) >= 11 is 0. The van der Waals surface area contributed by atoms with E-state index in [-0.39, 0.29) is 6.61 Å². The lowest BCUT2D eigenvalue weighted by atomic mass is 10.1. The topological polar surface area (TPSA) is 79.1 Å². The van der Waals surface area contributed by atoms with Crippen LogP contribution in [0.25, 0.3) is 11.3 Å². The van der Waals surface area contributed by atoms with Crippen molar-refractivity contribution < 1.29 is 14.3 Å². The van der Waals surface area contributed by atoms with Crippen molar-refractivity contribution in [3.63, 3.8) is 0 Å². The van der Waals surface area contributed by atoms with Gasteiger partial charge >= 0.3 is 0 Å². The second-order valence-corrected chi connectivity index (χ2v) is 5.45. The predicted octanol–water partition coefficient (Wildman–Crippen LogP) is 2.59. The Bertz CT molecular complexity index is 905. The van der Waals surface area contributed by atoms with Crippen LogP contribution in [0.2, 0.25) is 0 Å². The first-order chi connectivity index (χ1) is 12.1. The van der Waals surface area contributed by atoms with E-state index in [1.165, 1.54) is 19.4 Å². The van der Waals surface area contributed by atoms with Crippen molar-refractivity contribution in [2.24, 2.45) is 7.05 Å². The largest absolute Gasteiger partial charge is 0.486 e. The summed E-state index contributed by atoms with van der Waals surface area (Å²) < 4.78 is 12.6. The van der Waals surface area contributed by atoms with Gasteiger partial charge in [0.05, 0.1) is 30.8 Å². The Hall–Kier alpha value is -3.22. The van der Waals surface area contributed by atoms with Gasteiger partial charge in [-0.05, 0) is 13.0 Å². The van der Waals surface area contributed by atoms with Crippen LogP contribution in [0.5, 0.6) is 11.6 Å². The maximum Gasteiger partial charge on any atom is 0.213 e. The average molecular weight is 338 g/mol. The van der Waals surface area contributed by atoms with Crippen LogP contribution >= 0.6 is 0 Å². The molecule has 0 aliphatic carbocycles. The maximum atomic E-state index is 11.3. The Morgan fingerprint density at radius 3 is 2.80 bits per heavy atom. The van der Waals surface area contributed by atoms with Gasteiger partial charge < -0.3 is 9.47 Å². The zero-order chi connectivity index (χ0) is 17.8. The van der Waals surface area contributed by atoms with Crippen LogP contribution in [0.15, 0.2) is 36.8 Å². The van der Waals surface area contributed by atoms with Crippen molar-refractivity contribution in [3.05, 3.63) is 53.6 Å². The van der Waals surface area contributed by atoms with Gasteiger partial charge in [0.2, 0.25) is 5.88 Å². The summed E-state index contributed by atoms with van der Waals surface area (Å²) in [7, 11) is 3.38. The molecule has 0 atom stereocenters. The lowest BCUT2D eigenvalue weighted by Gasteiger charge is -2.11. The molecule has 0 N–H and O–H groups in total. The normalized spacial score (nSPS) is 10.5. The number of carbonyl (C=O) groups is 1. The summed E-state index contributed by atoms with van der Waals surface area (Å²) in [4.78, 5) is 19.8. The van der Waals surface area contributed by atoms with E-state index >= 15 is 0 Å². The second kappa shape index (κ2) is 7.12. The third kappa shape index (κ3) is 3.35. The zero-order valence-electron chi connectivity index (χ0n) is 14.3. The Morgan fingerprint density at radius 1 is 1.28 bits per heavy atom. The number of rotatable bonds is 6. The summed E-state index contributed by atoms with van der Waals surface area (Å²) in [5.74, 6) is 0.760. The van der Waals surface area contributed by atoms with Crippen LogP contribution < -0.4 is 9.47 Å². The quantitative estimate of drug-likeness (QED) is 0.643. The number of ether oxygens (including phenoxy) is 2. The highest BCUT2D eigenvalue weighted by molar-refractivity contribution is 5.79. The van der Waals surface area contributed by atoms with Crippen LogP contribution in [-0.4, -0.2) is 33.1 Å². The molecule has 0 fully saturated rings. The van der Waals surface area contributed by atoms with E-state index in [4.69, 9.17) is 9.47 Å². The molecule has 3 aromatic heterocycles. The first kappa shape index (κ1) is 16.6. The lowest BCUT2D eigenvalue weighted by molar-refractivity contribution is 0.111.